The van der Waals surface area contributed by atoms with Gasteiger partial charge in [-0.1, -0.05) is 43.6 Å². The fourth-order valence-corrected chi connectivity index (χ4v) is 3.55. The van der Waals surface area contributed by atoms with Crippen LogP contribution in [0.2, 0.25) is 0 Å². The first-order valence-corrected chi connectivity index (χ1v) is 8.07. The van der Waals surface area contributed by atoms with Crippen LogP contribution in [0.5, 0.6) is 5.75 Å². The number of nitrogens with two attached hydrogens (primary N) is 1. The predicted octanol–water partition coefficient (Wildman–Crippen LogP) is 0.986. The molecule has 1 aliphatic heterocycles. The number of carbonyl (C=O) groups excluding carboxylic acids is 1. The molecule has 0 saturated heterocycles. The van der Waals surface area contributed by atoms with Crippen molar-refractivity contribution in [3.05, 3.63) is 53.1 Å². The van der Waals surface area contributed by atoms with Crippen molar-refractivity contribution in [2.24, 2.45) is 0 Å². The first kappa shape index (κ1) is 17.8. The largest absolute Gasteiger partial charge is 0.465 e. The number of nitrogens with one attached hydrogen (secondary N) is 1. The van der Waals surface area contributed by atoms with Crippen LogP contribution in [0, 0.1) is 0 Å². The van der Waals surface area contributed by atoms with Crippen molar-refractivity contribution >= 4 is 30.9 Å². The summed E-state index contributed by atoms with van der Waals surface area (Å²) < 4.78 is 5.63. The zero-order valence-corrected chi connectivity index (χ0v) is 14.2. The number of carboxylic acid groups (broad SMARTS) is 1. The molecule has 0 bridgehead atoms. The topological polar surface area (TPSA) is 122 Å². The average Bonchev–Trinajstić information content (AvgIpc) is 2.94. The molecule has 1 heterocycles. The number of hydrogen-bond acceptors (Lipinski definition) is 5. The third-order valence-corrected chi connectivity index (χ3v) is 4.50. The Labute approximate surface area is 151 Å². The Kier molecular flexibility index (Phi) is 3.96. The van der Waals surface area contributed by atoms with E-state index in [0.29, 0.717) is 5.46 Å². The fourth-order valence-electron chi connectivity index (χ4n) is 3.55. The van der Waals surface area contributed by atoms with E-state index >= 15 is 0 Å². The number of amides is 1. The van der Waals surface area contributed by atoms with Gasteiger partial charge in [-0.15, -0.1) is 0 Å². The van der Waals surface area contributed by atoms with E-state index in [1.807, 2.05) is 13.8 Å². The standard InChI is InChI=1S/C16H11BN2O5.C2H6/c17-7-4-5-8-11(6-7)24-16(23)9-2-1-3-10(18)12(9)13(20)15(8,16)19-14(21)22;1-2/h1-6,19,23H,18H2,(H,21,22);1-2H3. The van der Waals surface area contributed by atoms with E-state index in [0.717, 1.165) is 0 Å². The first-order chi connectivity index (χ1) is 12.3. The van der Waals surface area contributed by atoms with Crippen molar-refractivity contribution < 1.29 is 24.5 Å². The molecule has 0 saturated carbocycles. The Bertz CT molecular complexity index is 932. The van der Waals surface area contributed by atoms with E-state index in [9.17, 15) is 19.8 Å². The summed E-state index contributed by atoms with van der Waals surface area (Å²) in [5.41, 5.74) is 4.64. The van der Waals surface area contributed by atoms with Crippen LogP contribution in [0.15, 0.2) is 36.4 Å². The number of nitrogen functional groups attached to an aromatic ring is 1. The Morgan fingerprint density at radius 2 is 1.92 bits per heavy atom. The lowest BCUT2D eigenvalue weighted by Gasteiger charge is -2.33. The summed E-state index contributed by atoms with van der Waals surface area (Å²) in [6.45, 7) is 4.00. The number of Topliss-reactive ketones (excluding diaryl/α,β-unsaturated/α-hetero) is 1. The minimum Gasteiger partial charge on any atom is -0.465 e. The molecule has 2 atom stereocenters. The van der Waals surface area contributed by atoms with E-state index in [2.05, 4.69) is 5.32 Å². The Balaban J connectivity index is 0.000000948. The number of fused-ring (bicyclic) bond motifs is 5. The molecule has 4 rings (SSSR count). The molecule has 1 amide bonds. The van der Waals surface area contributed by atoms with E-state index < -0.39 is 23.2 Å². The molecule has 0 aromatic heterocycles. The number of carbonyl (C=O) groups is 2. The first-order valence-electron chi connectivity index (χ1n) is 8.07. The van der Waals surface area contributed by atoms with E-state index in [1.165, 1.54) is 30.3 Å². The molecule has 2 unspecified atom stereocenters. The number of hydrogen-bond donors (Lipinski definition) is 4. The van der Waals surface area contributed by atoms with Crippen LogP contribution in [0.1, 0.15) is 35.3 Å². The van der Waals surface area contributed by atoms with Gasteiger partial charge in [0.15, 0.2) is 0 Å². The van der Waals surface area contributed by atoms with Gasteiger partial charge < -0.3 is 20.7 Å². The number of ketones is 1. The van der Waals surface area contributed by atoms with Gasteiger partial charge in [-0.2, -0.15) is 0 Å². The minimum atomic E-state index is -2.25. The highest BCUT2D eigenvalue weighted by molar-refractivity contribution is 6.32. The molecule has 7 nitrogen and oxygen atoms in total. The minimum absolute atomic E-state index is 0.0382. The molecule has 5 N–H and O–H groups in total. The summed E-state index contributed by atoms with van der Waals surface area (Å²) in [6.07, 6.45) is -1.48. The molecule has 2 radical (unpaired) electrons. The number of benzene rings is 2. The summed E-state index contributed by atoms with van der Waals surface area (Å²) in [7, 11) is 5.72. The molecule has 8 heteroatoms. The van der Waals surface area contributed by atoms with Crippen LogP contribution in [0.3, 0.4) is 0 Å². The van der Waals surface area contributed by atoms with Crippen molar-refractivity contribution in [1.82, 2.24) is 5.32 Å². The molecule has 0 spiro atoms. The van der Waals surface area contributed by atoms with E-state index in [4.69, 9.17) is 18.3 Å². The van der Waals surface area contributed by atoms with Crippen LogP contribution >= 0.6 is 0 Å². The Morgan fingerprint density at radius 3 is 2.58 bits per heavy atom. The molecule has 2 aromatic rings. The quantitative estimate of drug-likeness (QED) is 0.448. The van der Waals surface area contributed by atoms with Gasteiger partial charge in [0.05, 0.1) is 5.56 Å². The lowest BCUT2D eigenvalue weighted by molar-refractivity contribution is -0.169. The summed E-state index contributed by atoms with van der Waals surface area (Å²) >= 11 is 0. The van der Waals surface area contributed by atoms with Gasteiger partial charge in [-0.25, -0.2) is 4.79 Å². The van der Waals surface area contributed by atoms with Crippen molar-refractivity contribution in [3.63, 3.8) is 0 Å². The van der Waals surface area contributed by atoms with Crippen LogP contribution in [0.25, 0.3) is 0 Å². The van der Waals surface area contributed by atoms with Gasteiger partial charge in [-0.05, 0) is 12.1 Å². The fraction of sp³-hybridized carbons (Fsp3) is 0.222. The summed E-state index contributed by atoms with van der Waals surface area (Å²) in [4.78, 5) is 24.5. The van der Waals surface area contributed by atoms with Crippen LogP contribution in [-0.4, -0.2) is 29.9 Å². The third kappa shape index (κ3) is 1.99. The number of ether oxygens (including phenoxy) is 1. The highest BCUT2D eigenvalue weighted by Gasteiger charge is 2.72. The van der Waals surface area contributed by atoms with Crippen molar-refractivity contribution in [2.75, 3.05) is 5.73 Å². The molecular formula is C18H17BN2O5. The molecule has 2 aromatic carbocycles. The monoisotopic (exact) mass is 352 g/mol. The third-order valence-electron chi connectivity index (χ3n) is 4.50. The van der Waals surface area contributed by atoms with Crippen molar-refractivity contribution in [2.45, 2.75) is 25.2 Å². The Hall–Kier alpha value is -3.00. The maximum Gasteiger partial charge on any atom is 0.405 e. The SMILES string of the molecule is CC.[B]c1ccc2c(c1)OC1(O)c3cccc(N)c3C(=O)C21NC(=O)O. The maximum atomic E-state index is 13.1. The predicted molar refractivity (Wildman–Crippen MR) is 95.7 cm³/mol. The molecule has 0 fully saturated rings. The second kappa shape index (κ2) is 5.77. The van der Waals surface area contributed by atoms with Gasteiger partial charge in [0.25, 0.3) is 5.79 Å². The number of rotatable bonds is 1. The summed E-state index contributed by atoms with van der Waals surface area (Å²) in [6, 6.07) is 8.91. The number of aliphatic hydroxyl groups is 1. The summed E-state index contributed by atoms with van der Waals surface area (Å²) in [5, 5.41) is 22.7. The number of anilines is 1. The van der Waals surface area contributed by atoms with Gasteiger partial charge in [0.1, 0.15) is 13.6 Å². The summed E-state index contributed by atoms with van der Waals surface area (Å²) in [5.74, 6) is -2.79. The Morgan fingerprint density at radius 1 is 1.23 bits per heavy atom. The maximum absolute atomic E-state index is 13.1. The van der Waals surface area contributed by atoms with Crippen molar-refractivity contribution in [1.29, 1.82) is 0 Å². The normalized spacial score (nSPS) is 24.5. The average molecular weight is 352 g/mol. The highest BCUT2D eigenvalue weighted by Crippen LogP contribution is 2.58. The zero-order valence-electron chi connectivity index (χ0n) is 14.2. The second-order valence-corrected chi connectivity index (χ2v) is 5.78. The smallest absolute Gasteiger partial charge is 0.405 e. The molecule has 1 aliphatic carbocycles. The van der Waals surface area contributed by atoms with E-state index in [-0.39, 0.29) is 28.1 Å². The zero-order chi connectivity index (χ0) is 19.3. The molecule has 26 heavy (non-hydrogen) atoms. The lowest BCUT2D eigenvalue weighted by Crippen LogP contribution is -2.59. The van der Waals surface area contributed by atoms with Crippen LogP contribution in [0.4, 0.5) is 10.5 Å². The molecule has 132 valence electrons. The van der Waals surface area contributed by atoms with Crippen LogP contribution < -0.4 is 21.3 Å². The lowest BCUT2D eigenvalue weighted by atomic mass is 9.81. The highest BCUT2D eigenvalue weighted by atomic mass is 16.6. The molecular weight excluding hydrogens is 335 g/mol. The van der Waals surface area contributed by atoms with E-state index in [1.54, 1.807) is 6.07 Å². The van der Waals surface area contributed by atoms with Gasteiger partial charge >= 0.3 is 6.09 Å². The second-order valence-electron chi connectivity index (χ2n) is 5.78. The van der Waals surface area contributed by atoms with Crippen LogP contribution in [-0.2, 0) is 11.3 Å². The van der Waals surface area contributed by atoms with Crippen molar-refractivity contribution in [3.8, 4) is 5.75 Å². The van der Waals surface area contributed by atoms with Gasteiger partial charge in [0.2, 0.25) is 11.3 Å². The molecule has 2 aliphatic rings. The van der Waals surface area contributed by atoms with Gasteiger partial charge in [-0.3, -0.25) is 10.1 Å². The van der Waals surface area contributed by atoms with Gasteiger partial charge in [0, 0.05) is 16.8 Å².